The molecule has 14 heavy (non-hydrogen) atoms. The quantitative estimate of drug-likeness (QED) is 0.775. The molecule has 0 aliphatic heterocycles. The summed E-state index contributed by atoms with van der Waals surface area (Å²) in [6.07, 6.45) is 0.692. The van der Waals surface area contributed by atoms with E-state index >= 15 is 0 Å². The van der Waals surface area contributed by atoms with Gasteiger partial charge in [0, 0.05) is 5.02 Å². The first kappa shape index (κ1) is 10.7. The Hall–Kier alpha value is -1.42. The molecule has 0 amide bonds. The first-order chi connectivity index (χ1) is 6.49. The molecule has 0 radical (unpaired) electrons. The smallest absolute Gasteiger partial charge is 0.364 e. The third-order valence-corrected chi connectivity index (χ3v) is 1.60. The van der Waals surface area contributed by atoms with Gasteiger partial charge in [-0.05, 0) is 29.8 Å². The van der Waals surface area contributed by atoms with Crippen LogP contribution in [0.15, 0.2) is 24.0 Å². The number of carboxylic acids is 1. The zero-order valence-corrected chi connectivity index (χ0v) is 7.55. The van der Waals surface area contributed by atoms with Gasteiger partial charge in [-0.15, -0.1) is 0 Å². The molecular formula is C9H5ClF2O2. The van der Waals surface area contributed by atoms with Crippen molar-refractivity contribution < 1.29 is 18.7 Å². The monoisotopic (exact) mass is 218 g/mol. The number of hydrogen-bond donors (Lipinski definition) is 1. The summed E-state index contributed by atoms with van der Waals surface area (Å²) in [5, 5.41) is 8.29. The molecule has 0 saturated carbocycles. The van der Waals surface area contributed by atoms with E-state index in [-0.39, 0.29) is 10.6 Å². The Balaban J connectivity index is 3.08. The fourth-order valence-corrected chi connectivity index (χ4v) is 1.10. The summed E-state index contributed by atoms with van der Waals surface area (Å²) >= 11 is 5.47. The standard InChI is InChI=1S/C9H5ClF2O2/c10-6-1-5(2-7(11)4-6)3-8(12)9(13)14/h1-4H,(H,13,14)/b8-3-. The van der Waals surface area contributed by atoms with Crippen molar-refractivity contribution in [2.45, 2.75) is 0 Å². The third kappa shape index (κ3) is 2.81. The Morgan fingerprint density at radius 1 is 1.43 bits per heavy atom. The number of carboxylic acid groups (broad SMARTS) is 1. The highest BCUT2D eigenvalue weighted by Crippen LogP contribution is 2.16. The second-order valence-electron chi connectivity index (χ2n) is 2.50. The average Bonchev–Trinajstić information content (AvgIpc) is 2.01. The normalized spacial score (nSPS) is 11.5. The van der Waals surface area contributed by atoms with Crippen LogP contribution in [0.1, 0.15) is 5.56 Å². The van der Waals surface area contributed by atoms with Crippen molar-refractivity contribution in [2.75, 3.05) is 0 Å². The molecule has 1 aromatic rings. The summed E-state index contributed by atoms with van der Waals surface area (Å²) in [4.78, 5) is 10.1. The molecular weight excluding hydrogens is 214 g/mol. The van der Waals surface area contributed by atoms with Crippen molar-refractivity contribution in [3.8, 4) is 0 Å². The van der Waals surface area contributed by atoms with Gasteiger partial charge in [0.15, 0.2) is 0 Å². The van der Waals surface area contributed by atoms with E-state index in [1.165, 1.54) is 6.07 Å². The third-order valence-electron chi connectivity index (χ3n) is 1.38. The maximum atomic E-state index is 12.7. The van der Waals surface area contributed by atoms with Gasteiger partial charge in [-0.2, -0.15) is 4.39 Å². The van der Waals surface area contributed by atoms with Crippen molar-refractivity contribution in [1.82, 2.24) is 0 Å². The van der Waals surface area contributed by atoms with Crippen LogP contribution in [-0.2, 0) is 4.79 Å². The highest BCUT2D eigenvalue weighted by molar-refractivity contribution is 6.30. The first-order valence-corrected chi connectivity index (χ1v) is 3.93. The second kappa shape index (κ2) is 4.19. The number of hydrogen-bond acceptors (Lipinski definition) is 1. The van der Waals surface area contributed by atoms with Gasteiger partial charge in [-0.25, -0.2) is 9.18 Å². The van der Waals surface area contributed by atoms with Crippen molar-refractivity contribution in [1.29, 1.82) is 0 Å². The van der Waals surface area contributed by atoms with E-state index in [1.807, 2.05) is 0 Å². The number of benzene rings is 1. The molecule has 2 nitrogen and oxygen atoms in total. The van der Waals surface area contributed by atoms with E-state index in [2.05, 4.69) is 0 Å². The van der Waals surface area contributed by atoms with Crippen molar-refractivity contribution in [3.05, 3.63) is 40.4 Å². The summed E-state index contributed by atoms with van der Waals surface area (Å²) in [6, 6.07) is 3.28. The number of rotatable bonds is 2. The average molecular weight is 219 g/mol. The van der Waals surface area contributed by atoms with Crippen LogP contribution >= 0.6 is 11.6 Å². The van der Waals surface area contributed by atoms with E-state index in [1.54, 1.807) is 0 Å². The summed E-state index contributed by atoms with van der Waals surface area (Å²) in [6.45, 7) is 0. The van der Waals surface area contributed by atoms with Gasteiger partial charge in [0.2, 0.25) is 5.83 Å². The number of halogens is 3. The Morgan fingerprint density at radius 3 is 2.57 bits per heavy atom. The van der Waals surface area contributed by atoms with Crippen LogP contribution in [0.5, 0.6) is 0 Å². The second-order valence-corrected chi connectivity index (χ2v) is 2.94. The van der Waals surface area contributed by atoms with E-state index in [9.17, 15) is 13.6 Å². The predicted molar refractivity (Wildman–Crippen MR) is 48.1 cm³/mol. The molecule has 1 rings (SSSR count). The lowest BCUT2D eigenvalue weighted by Gasteiger charge is -1.96. The highest BCUT2D eigenvalue weighted by Gasteiger charge is 2.05. The van der Waals surface area contributed by atoms with Gasteiger partial charge in [-0.3, -0.25) is 0 Å². The lowest BCUT2D eigenvalue weighted by Crippen LogP contribution is -1.94. The first-order valence-electron chi connectivity index (χ1n) is 3.55. The van der Waals surface area contributed by atoms with Gasteiger partial charge in [-0.1, -0.05) is 11.6 Å². The molecule has 0 aromatic heterocycles. The van der Waals surface area contributed by atoms with E-state index < -0.39 is 17.6 Å². The van der Waals surface area contributed by atoms with E-state index in [0.717, 1.165) is 12.1 Å². The molecule has 0 bridgehead atoms. The topological polar surface area (TPSA) is 37.3 Å². The van der Waals surface area contributed by atoms with E-state index in [0.29, 0.717) is 6.08 Å². The fraction of sp³-hybridized carbons (Fsp3) is 0. The van der Waals surface area contributed by atoms with Crippen molar-refractivity contribution >= 4 is 23.6 Å². The highest BCUT2D eigenvalue weighted by atomic mass is 35.5. The van der Waals surface area contributed by atoms with Crippen LogP contribution in [0.3, 0.4) is 0 Å². The lowest BCUT2D eigenvalue weighted by molar-refractivity contribution is -0.134. The van der Waals surface area contributed by atoms with Gasteiger partial charge in [0.05, 0.1) is 0 Å². The van der Waals surface area contributed by atoms with Crippen LogP contribution in [0.4, 0.5) is 8.78 Å². The summed E-state index contributed by atoms with van der Waals surface area (Å²) < 4.78 is 25.3. The van der Waals surface area contributed by atoms with Gasteiger partial charge in [0.1, 0.15) is 5.82 Å². The molecule has 5 heteroatoms. The molecule has 0 aliphatic carbocycles. The predicted octanol–water partition coefficient (Wildman–Crippen LogP) is 2.87. The summed E-state index contributed by atoms with van der Waals surface area (Å²) in [7, 11) is 0. The molecule has 0 heterocycles. The lowest BCUT2D eigenvalue weighted by atomic mass is 10.2. The molecule has 0 aliphatic rings. The zero-order chi connectivity index (χ0) is 10.7. The van der Waals surface area contributed by atoms with Crippen LogP contribution in [0.25, 0.3) is 6.08 Å². The maximum Gasteiger partial charge on any atom is 0.364 e. The largest absolute Gasteiger partial charge is 0.476 e. The molecule has 0 fully saturated rings. The van der Waals surface area contributed by atoms with Crippen molar-refractivity contribution in [3.63, 3.8) is 0 Å². The number of carbonyl (C=O) groups is 1. The maximum absolute atomic E-state index is 12.7. The Labute approximate surface area is 83.4 Å². The summed E-state index contributed by atoms with van der Waals surface area (Å²) in [5.41, 5.74) is 0.0647. The molecule has 0 atom stereocenters. The Kier molecular flexibility index (Phi) is 3.19. The van der Waals surface area contributed by atoms with Crippen LogP contribution in [-0.4, -0.2) is 11.1 Å². The Morgan fingerprint density at radius 2 is 2.07 bits per heavy atom. The van der Waals surface area contributed by atoms with Gasteiger partial charge >= 0.3 is 5.97 Å². The molecule has 0 unspecified atom stereocenters. The SMILES string of the molecule is O=C(O)/C(F)=C/c1cc(F)cc(Cl)c1. The number of aliphatic carboxylic acids is 1. The minimum absolute atomic E-state index is 0.0647. The zero-order valence-electron chi connectivity index (χ0n) is 6.80. The molecule has 1 N–H and O–H groups in total. The molecule has 0 spiro atoms. The van der Waals surface area contributed by atoms with Gasteiger partial charge < -0.3 is 5.11 Å². The molecule has 74 valence electrons. The Bertz CT molecular complexity index is 382. The minimum atomic E-state index is -1.70. The van der Waals surface area contributed by atoms with Gasteiger partial charge in [0.25, 0.3) is 0 Å². The molecule has 0 saturated heterocycles. The van der Waals surface area contributed by atoms with E-state index in [4.69, 9.17) is 16.7 Å². The molecule has 1 aromatic carbocycles. The minimum Gasteiger partial charge on any atom is -0.476 e. The van der Waals surface area contributed by atoms with Crippen LogP contribution in [0.2, 0.25) is 5.02 Å². The summed E-state index contributed by atoms with van der Waals surface area (Å²) in [5.74, 6) is -3.72. The van der Waals surface area contributed by atoms with Crippen LogP contribution in [0, 0.1) is 5.82 Å². The van der Waals surface area contributed by atoms with Crippen LogP contribution < -0.4 is 0 Å². The fourth-order valence-electron chi connectivity index (χ4n) is 0.867. The van der Waals surface area contributed by atoms with Crippen molar-refractivity contribution in [2.24, 2.45) is 0 Å².